The summed E-state index contributed by atoms with van der Waals surface area (Å²) < 4.78 is 70.5. The molecule has 2 aromatic rings. The lowest BCUT2D eigenvalue weighted by Crippen LogP contribution is -2.32. The second kappa shape index (κ2) is 7.64. The van der Waals surface area contributed by atoms with Gasteiger partial charge in [0.05, 0.1) is 0 Å². The molecule has 0 aliphatic carbocycles. The standard InChI is InChI=1S/C12H11F3N2O2.C2HF3O2/c13-12(14,15)10-7(5-8(16)11(18)19)6-3-1-2-4-9(6)17-10;3-2(4,5)1(6)7/h1-4,8,17H,5,16H2,(H,18,19);(H,6,7). The number of carbonyl (C=O) groups is 2. The highest BCUT2D eigenvalue weighted by Crippen LogP contribution is 2.35. The summed E-state index contributed by atoms with van der Waals surface area (Å²) in [5.41, 5.74) is 4.59. The zero-order chi connectivity index (χ0) is 20.3. The predicted molar refractivity (Wildman–Crippen MR) is 76.3 cm³/mol. The molecule has 0 fully saturated rings. The van der Waals surface area contributed by atoms with E-state index < -0.39 is 36.0 Å². The molecular formula is C14H12F6N2O4. The van der Waals surface area contributed by atoms with Crippen LogP contribution in [0.25, 0.3) is 10.9 Å². The predicted octanol–water partition coefficient (Wildman–Crippen LogP) is 2.77. The number of para-hydroxylation sites is 1. The number of aromatic nitrogens is 1. The molecule has 26 heavy (non-hydrogen) atoms. The summed E-state index contributed by atoms with van der Waals surface area (Å²) >= 11 is 0. The van der Waals surface area contributed by atoms with E-state index in [4.69, 9.17) is 20.7 Å². The molecule has 2 rings (SSSR count). The van der Waals surface area contributed by atoms with Crippen molar-refractivity contribution in [2.75, 3.05) is 0 Å². The van der Waals surface area contributed by atoms with Crippen molar-refractivity contribution >= 4 is 22.8 Å². The number of benzene rings is 1. The molecule has 0 saturated heterocycles. The van der Waals surface area contributed by atoms with Gasteiger partial charge in [0, 0.05) is 17.3 Å². The van der Waals surface area contributed by atoms with E-state index in [-0.39, 0.29) is 12.0 Å². The summed E-state index contributed by atoms with van der Waals surface area (Å²) in [5.74, 6) is -4.09. The molecule has 0 bridgehead atoms. The lowest BCUT2D eigenvalue weighted by Gasteiger charge is -2.10. The topological polar surface area (TPSA) is 116 Å². The molecule has 6 nitrogen and oxygen atoms in total. The van der Waals surface area contributed by atoms with Crippen molar-refractivity contribution in [3.05, 3.63) is 35.5 Å². The smallest absolute Gasteiger partial charge is 0.480 e. The van der Waals surface area contributed by atoms with Crippen LogP contribution in [0, 0.1) is 0 Å². The molecule has 0 spiro atoms. The number of rotatable bonds is 3. The first-order valence-electron chi connectivity index (χ1n) is 6.70. The summed E-state index contributed by atoms with van der Waals surface area (Å²) in [6.45, 7) is 0. The Kier molecular flexibility index (Phi) is 6.25. The average molecular weight is 386 g/mol. The lowest BCUT2D eigenvalue weighted by molar-refractivity contribution is -0.192. The van der Waals surface area contributed by atoms with Gasteiger partial charge in [0.2, 0.25) is 0 Å². The summed E-state index contributed by atoms with van der Waals surface area (Å²) in [5, 5.41) is 16.2. The van der Waals surface area contributed by atoms with Gasteiger partial charge in [-0.1, -0.05) is 18.2 Å². The van der Waals surface area contributed by atoms with Crippen molar-refractivity contribution in [1.82, 2.24) is 4.98 Å². The highest BCUT2D eigenvalue weighted by molar-refractivity contribution is 5.86. The van der Waals surface area contributed by atoms with Gasteiger partial charge in [-0.15, -0.1) is 0 Å². The van der Waals surface area contributed by atoms with E-state index in [2.05, 4.69) is 4.98 Å². The molecule has 5 N–H and O–H groups in total. The van der Waals surface area contributed by atoms with Gasteiger partial charge >= 0.3 is 24.3 Å². The van der Waals surface area contributed by atoms with Gasteiger partial charge in [-0.25, -0.2) is 4.79 Å². The SMILES string of the molecule is NC(Cc1c(C(F)(F)F)[nH]c2ccccc12)C(=O)O.O=C(O)C(F)(F)F. The molecule has 1 unspecified atom stereocenters. The van der Waals surface area contributed by atoms with Gasteiger partial charge in [0.1, 0.15) is 11.7 Å². The molecular weight excluding hydrogens is 374 g/mol. The van der Waals surface area contributed by atoms with Crippen molar-refractivity contribution in [2.24, 2.45) is 5.73 Å². The third-order valence-electron chi connectivity index (χ3n) is 3.08. The van der Waals surface area contributed by atoms with E-state index in [1.807, 2.05) is 0 Å². The zero-order valence-corrected chi connectivity index (χ0v) is 12.6. The van der Waals surface area contributed by atoms with Crippen LogP contribution in [0.4, 0.5) is 26.3 Å². The Labute approximate surface area is 141 Å². The first-order valence-corrected chi connectivity index (χ1v) is 6.70. The molecule has 0 radical (unpaired) electrons. The number of nitrogens with two attached hydrogens (primary N) is 1. The van der Waals surface area contributed by atoms with Crippen LogP contribution in [0.3, 0.4) is 0 Å². The van der Waals surface area contributed by atoms with Gasteiger partial charge in [-0.05, 0) is 11.6 Å². The number of alkyl halides is 6. The van der Waals surface area contributed by atoms with E-state index in [1.54, 1.807) is 12.1 Å². The molecule has 0 aliphatic heterocycles. The van der Waals surface area contributed by atoms with Crippen LogP contribution >= 0.6 is 0 Å². The van der Waals surface area contributed by atoms with Gasteiger partial charge in [0.15, 0.2) is 0 Å². The fourth-order valence-corrected chi connectivity index (χ4v) is 1.96. The minimum absolute atomic E-state index is 0.113. The molecule has 0 amide bonds. The van der Waals surface area contributed by atoms with E-state index in [0.29, 0.717) is 10.9 Å². The minimum atomic E-state index is -5.08. The maximum Gasteiger partial charge on any atom is 0.490 e. The second-order valence-electron chi connectivity index (χ2n) is 4.97. The number of carboxylic acid groups (broad SMARTS) is 2. The van der Waals surface area contributed by atoms with Gasteiger partial charge < -0.3 is 20.9 Å². The van der Waals surface area contributed by atoms with Crippen LogP contribution in [-0.2, 0) is 22.2 Å². The Morgan fingerprint density at radius 3 is 2.00 bits per heavy atom. The second-order valence-corrected chi connectivity index (χ2v) is 4.97. The van der Waals surface area contributed by atoms with Crippen LogP contribution in [0.15, 0.2) is 24.3 Å². The highest BCUT2D eigenvalue weighted by atomic mass is 19.4. The third-order valence-corrected chi connectivity index (χ3v) is 3.08. The number of nitrogens with one attached hydrogen (secondary N) is 1. The first kappa shape index (κ1) is 21.3. The van der Waals surface area contributed by atoms with Crippen LogP contribution in [0.2, 0.25) is 0 Å². The molecule has 12 heteroatoms. The number of aliphatic carboxylic acids is 2. The third kappa shape index (κ3) is 5.37. The summed E-state index contributed by atoms with van der Waals surface area (Å²) in [4.78, 5) is 21.9. The number of carboxylic acids is 2. The number of aromatic amines is 1. The number of fused-ring (bicyclic) bond motifs is 1. The van der Waals surface area contributed by atoms with E-state index in [9.17, 15) is 31.1 Å². The number of hydrogen-bond donors (Lipinski definition) is 4. The fraction of sp³-hybridized carbons (Fsp3) is 0.286. The van der Waals surface area contributed by atoms with Gasteiger partial charge in [0.25, 0.3) is 0 Å². The number of halogens is 6. The zero-order valence-electron chi connectivity index (χ0n) is 12.6. The minimum Gasteiger partial charge on any atom is -0.480 e. The van der Waals surface area contributed by atoms with E-state index in [0.717, 1.165) is 0 Å². The van der Waals surface area contributed by atoms with Crippen molar-refractivity contribution in [2.45, 2.75) is 24.8 Å². The highest BCUT2D eigenvalue weighted by Gasteiger charge is 2.38. The van der Waals surface area contributed by atoms with Crippen molar-refractivity contribution < 1.29 is 46.1 Å². The lowest BCUT2D eigenvalue weighted by atomic mass is 10.0. The van der Waals surface area contributed by atoms with Gasteiger partial charge in [-0.2, -0.15) is 26.3 Å². The molecule has 1 atom stereocenters. The Morgan fingerprint density at radius 1 is 1.08 bits per heavy atom. The monoisotopic (exact) mass is 386 g/mol. The van der Waals surface area contributed by atoms with Crippen LogP contribution in [-0.4, -0.2) is 39.4 Å². The fourth-order valence-electron chi connectivity index (χ4n) is 1.96. The summed E-state index contributed by atoms with van der Waals surface area (Å²) in [6, 6.07) is 4.82. The Morgan fingerprint density at radius 2 is 1.58 bits per heavy atom. The molecule has 1 aromatic heterocycles. The van der Waals surface area contributed by atoms with Crippen molar-refractivity contribution in [3.8, 4) is 0 Å². The Balaban J connectivity index is 0.000000412. The van der Waals surface area contributed by atoms with Crippen LogP contribution in [0.1, 0.15) is 11.3 Å². The maximum absolute atomic E-state index is 12.9. The van der Waals surface area contributed by atoms with Gasteiger partial charge in [-0.3, -0.25) is 4.79 Å². The molecule has 1 heterocycles. The quantitative estimate of drug-likeness (QED) is 0.606. The normalized spacial score (nSPS) is 13.0. The van der Waals surface area contributed by atoms with E-state index in [1.165, 1.54) is 12.1 Å². The molecule has 144 valence electrons. The molecule has 0 aliphatic rings. The average Bonchev–Trinajstić information content (AvgIpc) is 2.86. The number of hydrogen-bond acceptors (Lipinski definition) is 3. The Hall–Kier alpha value is -2.76. The van der Waals surface area contributed by atoms with Crippen molar-refractivity contribution in [1.29, 1.82) is 0 Å². The van der Waals surface area contributed by atoms with Crippen LogP contribution in [0.5, 0.6) is 0 Å². The number of H-pyrrole nitrogens is 1. The molecule has 0 saturated carbocycles. The summed E-state index contributed by atoms with van der Waals surface area (Å²) in [7, 11) is 0. The largest absolute Gasteiger partial charge is 0.490 e. The summed E-state index contributed by atoms with van der Waals surface area (Å²) in [6.07, 6.45) is -10.0. The van der Waals surface area contributed by atoms with E-state index >= 15 is 0 Å². The van der Waals surface area contributed by atoms with Crippen LogP contribution < -0.4 is 5.73 Å². The van der Waals surface area contributed by atoms with Crippen molar-refractivity contribution in [3.63, 3.8) is 0 Å². The first-order chi connectivity index (χ1) is 11.7. The Bertz CT molecular complexity index is 797. The molecule has 1 aromatic carbocycles. The maximum atomic E-state index is 12.9.